The lowest BCUT2D eigenvalue weighted by Gasteiger charge is -2.18. The van der Waals surface area contributed by atoms with E-state index in [-0.39, 0.29) is 6.42 Å². The zero-order chi connectivity index (χ0) is 9.07. The largest absolute Gasteiger partial charge is 0.368 e. The van der Waals surface area contributed by atoms with Gasteiger partial charge in [0.25, 0.3) is 0 Å². The van der Waals surface area contributed by atoms with Gasteiger partial charge in [0.1, 0.15) is 0 Å². The lowest BCUT2D eigenvalue weighted by Crippen LogP contribution is -2.60. The van der Waals surface area contributed by atoms with Crippen molar-refractivity contribution in [3.8, 4) is 12.3 Å². The maximum atomic E-state index is 10.6. The van der Waals surface area contributed by atoms with E-state index in [0.717, 1.165) is 0 Å². The number of hydrogen-bond acceptors (Lipinski definition) is 3. The third kappa shape index (κ3) is 1.69. The summed E-state index contributed by atoms with van der Waals surface area (Å²) in [5.74, 6) is 0.0220. The summed E-state index contributed by atoms with van der Waals surface area (Å²) in [6.45, 7) is 0. The average Bonchev–Trinajstić information content (AvgIpc) is 1.87. The minimum absolute atomic E-state index is 0.280. The van der Waals surface area contributed by atoms with Crippen LogP contribution in [0.5, 0.6) is 0 Å². The first kappa shape index (κ1) is 9.46. The van der Waals surface area contributed by atoms with Gasteiger partial charge in [-0.25, -0.2) is 0 Å². The second-order valence-electron chi connectivity index (χ2n) is 2.08. The Morgan fingerprint density at radius 2 is 1.73 bits per heavy atom. The molecule has 6 N–H and O–H groups in total. The van der Waals surface area contributed by atoms with E-state index in [2.05, 4.69) is 0 Å². The van der Waals surface area contributed by atoms with E-state index in [1.165, 1.54) is 0 Å². The molecule has 0 spiro atoms. The van der Waals surface area contributed by atoms with Crippen LogP contribution in [0.1, 0.15) is 6.42 Å². The fourth-order valence-electron chi connectivity index (χ4n) is 0.457. The predicted molar refractivity (Wildman–Crippen MR) is 38.8 cm³/mol. The van der Waals surface area contributed by atoms with Crippen molar-refractivity contribution >= 4 is 11.8 Å². The van der Waals surface area contributed by atoms with E-state index in [0.29, 0.717) is 0 Å². The number of carbonyl (C=O) groups is 2. The lowest BCUT2D eigenvalue weighted by molar-refractivity contribution is -0.133. The van der Waals surface area contributed by atoms with Crippen LogP contribution in [0.4, 0.5) is 0 Å². The van der Waals surface area contributed by atoms with Crippen molar-refractivity contribution in [2.75, 3.05) is 0 Å². The first-order valence-corrected chi connectivity index (χ1v) is 2.77. The van der Waals surface area contributed by atoms with Crippen LogP contribution >= 0.6 is 0 Å². The van der Waals surface area contributed by atoms with Gasteiger partial charge in [-0.3, -0.25) is 9.59 Å². The van der Waals surface area contributed by atoms with E-state index in [1.54, 1.807) is 0 Å². The summed E-state index contributed by atoms with van der Waals surface area (Å²) >= 11 is 0. The van der Waals surface area contributed by atoms with Gasteiger partial charge in [0.2, 0.25) is 11.8 Å². The Kier molecular flexibility index (Phi) is 2.61. The Balaban J connectivity index is 4.70. The van der Waals surface area contributed by atoms with Gasteiger partial charge in [-0.1, -0.05) is 0 Å². The molecule has 0 saturated carbocycles. The number of hydrogen-bond donors (Lipinski definition) is 3. The predicted octanol–water partition coefficient (Wildman–Crippen LogP) is -2.32. The van der Waals surface area contributed by atoms with E-state index >= 15 is 0 Å². The van der Waals surface area contributed by atoms with Crippen LogP contribution in [-0.2, 0) is 9.59 Å². The van der Waals surface area contributed by atoms with Crippen LogP contribution in [0.3, 0.4) is 0 Å². The minimum atomic E-state index is -1.91. The molecule has 0 aliphatic carbocycles. The standard InChI is InChI=1S/C6H9N3O2/c1-2-3-6(9,4(7)10)5(8)11/h1H,3,9H2,(H2,7,10)(H2,8,11). The summed E-state index contributed by atoms with van der Waals surface area (Å²) in [6.07, 6.45) is 4.56. The van der Waals surface area contributed by atoms with Crippen molar-refractivity contribution in [1.29, 1.82) is 0 Å². The number of amides is 2. The van der Waals surface area contributed by atoms with Gasteiger partial charge < -0.3 is 17.2 Å². The van der Waals surface area contributed by atoms with Crippen LogP contribution in [-0.4, -0.2) is 17.4 Å². The zero-order valence-electron chi connectivity index (χ0n) is 5.83. The fourth-order valence-corrected chi connectivity index (χ4v) is 0.457. The Morgan fingerprint density at radius 1 is 1.36 bits per heavy atom. The highest BCUT2D eigenvalue weighted by Crippen LogP contribution is 2.03. The van der Waals surface area contributed by atoms with Crippen LogP contribution < -0.4 is 17.2 Å². The van der Waals surface area contributed by atoms with Crippen molar-refractivity contribution in [3.05, 3.63) is 0 Å². The summed E-state index contributed by atoms with van der Waals surface area (Å²) in [5.41, 5.74) is 12.9. The highest BCUT2D eigenvalue weighted by atomic mass is 16.2. The number of nitrogens with two attached hydrogens (primary N) is 3. The first-order valence-electron chi connectivity index (χ1n) is 2.77. The summed E-state index contributed by atoms with van der Waals surface area (Å²) in [6, 6.07) is 0. The molecule has 0 bridgehead atoms. The summed E-state index contributed by atoms with van der Waals surface area (Å²) < 4.78 is 0. The minimum Gasteiger partial charge on any atom is -0.368 e. The van der Waals surface area contributed by atoms with Crippen LogP contribution in [0.15, 0.2) is 0 Å². The van der Waals surface area contributed by atoms with E-state index in [1.807, 2.05) is 5.92 Å². The molecule has 0 radical (unpaired) electrons. The molecule has 0 fully saturated rings. The zero-order valence-corrected chi connectivity index (χ0v) is 5.83. The Morgan fingerprint density at radius 3 is 1.82 bits per heavy atom. The fraction of sp³-hybridized carbons (Fsp3) is 0.333. The molecule has 0 heterocycles. The highest BCUT2D eigenvalue weighted by molar-refractivity contribution is 6.08. The molecule has 0 aliphatic heterocycles. The molecule has 0 aromatic carbocycles. The average molecular weight is 155 g/mol. The second-order valence-corrected chi connectivity index (χ2v) is 2.08. The summed E-state index contributed by atoms with van der Waals surface area (Å²) in [7, 11) is 0. The smallest absolute Gasteiger partial charge is 0.248 e. The van der Waals surface area contributed by atoms with Crippen molar-refractivity contribution in [2.24, 2.45) is 17.2 Å². The molecule has 0 aromatic heterocycles. The van der Waals surface area contributed by atoms with E-state index in [4.69, 9.17) is 23.6 Å². The topological polar surface area (TPSA) is 112 Å². The number of rotatable bonds is 3. The van der Waals surface area contributed by atoms with Gasteiger partial charge in [0.15, 0.2) is 5.54 Å². The molecule has 0 unspecified atom stereocenters. The molecule has 60 valence electrons. The molecular weight excluding hydrogens is 146 g/mol. The third-order valence-electron chi connectivity index (χ3n) is 1.26. The van der Waals surface area contributed by atoms with Crippen molar-refractivity contribution in [3.63, 3.8) is 0 Å². The van der Waals surface area contributed by atoms with Crippen LogP contribution in [0, 0.1) is 12.3 Å². The molecular formula is C6H9N3O2. The van der Waals surface area contributed by atoms with Crippen LogP contribution in [0.2, 0.25) is 0 Å². The van der Waals surface area contributed by atoms with Crippen molar-refractivity contribution in [1.82, 2.24) is 0 Å². The quantitative estimate of drug-likeness (QED) is 0.314. The SMILES string of the molecule is C#CCC(N)(C(N)=O)C(N)=O. The number of primary amides is 2. The van der Waals surface area contributed by atoms with Gasteiger partial charge in [-0.2, -0.15) is 0 Å². The van der Waals surface area contributed by atoms with Gasteiger partial charge in [-0.05, 0) is 0 Å². The maximum absolute atomic E-state index is 10.6. The van der Waals surface area contributed by atoms with Crippen LogP contribution in [0.25, 0.3) is 0 Å². The third-order valence-corrected chi connectivity index (χ3v) is 1.26. The molecule has 0 atom stereocenters. The lowest BCUT2D eigenvalue weighted by atomic mass is 9.95. The van der Waals surface area contributed by atoms with Gasteiger partial charge in [0.05, 0.1) is 0 Å². The molecule has 0 aliphatic rings. The Hall–Kier alpha value is -1.54. The molecule has 5 nitrogen and oxygen atoms in total. The first-order chi connectivity index (χ1) is 4.95. The van der Waals surface area contributed by atoms with E-state index < -0.39 is 17.4 Å². The molecule has 5 heteroatoms. The molecule has 2 amide bonds. The normalized spacial score (nSPS) is 10.2. The summed E-state index contributed by atoms with van der Waals surface area (Å²) in [5, 5.41) is 0. The summed E-state index contributed by atoms with van der Waals surface area (Å²) in [4.78, 5) is 21.1. The van der Waals surface area contributed by atoms with Crippen molar-refractivity contribution < 1.29 is 9.59 Å². The maximum Gasteiger partial charge on any atom is 0.248 e. The van der Waals surface area contributed by atoms with Gasteiger partial charge in [0, 0.05) is 6.42 Å². The van der Waals surface area contributed by atoms with Crippen molar-refractivity contribution in [2.45, 2.75) is 12.0 Å². The monoisotopic (exact) mass is 155 g/mol. The number of terminal acetylenes is 1. The highest BCUT2D eigenvalue weighted by Gasteiger charge is 2.37. The molecule has 0 aromatic rings. The van der Waals surface area contributed by atoms with E-state index in [9.17, 15) is 9.59 Å². The second kappa shape index (κ2) is 3.03. The Bertz CT molecular complexity index is 214. The molecule has 11 heavy (non-hydrogen) atoms. The van der Waals surface area contributed by atoms with Gasteiger partial charge >= 0.3 is 0 Å². The number of carbonyl (C=O) groups excluding carboxylic acids is 2. The molecule has 0 saturated heterocycles. The van der Waals surface area contributed by atoms with Gasteiger partial charge in [-0.15, -0.1) is 12.3 Å². The Labute approximate surface area is 63.9 Å². The molecule has 0 rings (SSSR count).